The number of amides is 2. The Morgan fingerprint density at radius 3 is 2.76 bits per heavy atom. The lowest BCUT2D eigenvalue weighted by molar-refractivity contribution is -0.131. The van der Waals surface area contributed by atoms with E-state index in [1.807, 2.05) is 4.90 Å². The van der Waals surface area contributed by atoms with Crippen LogP contribution in [0.2, 0.25) is 0 Å². The molecule has 1 saturated heterocycles. The van der Waals surface area contributed by atoms with E-state index in [1.54, 1.807) is 24.3 Å². The van der Waals surface area contributed by atoms with Crippen molar-refractivity contribution in [2.45, 2.75) is 31.7 Å². The van der Waals surface area contributed by atoms with Gasteiger partial charge in [0.25, 0.3) is 0 Å². The summed E-state index contributed by atoms with van der Waals surface area (Å²) in [5.41, 5.74) is 0.950. The van der Waals surface area contributed by atoms with Gasteiger partial charge in [0, 0.05) is 19.0 Å². The second-order valence-electron chi connectivity index (χ2n) is 5.68. The molecule has 0 spiro atoms. The standard InChI is InChI=1S/C16H17N3O2/c17-9-11-4-1-2-7-14(11)18-16(21)12-8-15(20)19(10-12)13-5-3-6-13/h1-2,4,7,12-13H,3,5-6,8,10H2,(H,18,21). The predicted octanol–water partition coefficient (Wildman–Crippen LogP) is 1.90. The van der Waals surface area contributed by atoms with Crippen molar-refractivity contribution in [1.29, 1.82) is 5.26 Å². The Balaban J connectivity index is 1.66. The zero-order valence-corrected chi connectivity index (χ0v) is 11.7. The lowest BCUT2D eigenvalue weighted by Crippen LogP contribution is -2.41. The van der Waals surface area contributed by atoms with Gasteiger partial charge < -0.3 is 10.2 Å². The number of likely N-dealkylation sites (tertiary alicyclic amines) is 1. The van der Waals surface area contributed by atoms with E-state index >= 15 is 0 Å². The zero-order chi connectivity index (χ0) is 14.8. The van der Waals surface area contributed by atoms with Crippen LogP contribution in [0, 0.1) is 17.2 Å². The third kappa shape index (κ3) is 2.62. The summed E-state index contributed by atoms with van der Waals surface area (Å²) in [6.07, 6.45) is 3.55. The number of hydrogen-bond donors (Lipinski definition) is 1. The van der Waals surface area contributed by atoms with E-state index in [0.29, 0.717) is 23.8 Å². The smallest absolute Gasteiger partial charge is 0.229 e. The van der Waals surface area contributed by atoms with Crippen LogP contribution in [0.3, 0.4) is 0 Å². The van der Waals surface area contributed by atoms with Crippen LogP contribution in [0.1, 0.15) is 31.2 Å². The minimum atomic E-state index is -0.315. The molecular weight excluding hydrogens is 266 g/mol. The maximum Gasteiger partial charge on any atom is 0.229 e. The van der Waals surface area contributed by atoms with Crippen LogP contribution in [-0.4, -0.2) is 29.3 Å². The van der Waals surface area contributed by atoms with Gasteiger partial charge in [-0.1, -0.05) is 12.1 Å². The number of nitrogens with one attached hydrogen (secondary N) is 1. The quantitative estimate of drug-likeness (QED) is 0.920. The fourth-order valence-electron chi connectivity index (χ4n) is 2.88. The molecule has 0 radical (unpaired) electrons. The highest BCUT2D eigenvalue weighted by molar-refractivity contribution is 5.98. The van der Waals surface area contributed by atoms with E-state index in [-0.39, 0.29) is 24.2 Å². The topological polar surface area (TPSA) is 73.2 Å². The maximum absolute atomic E-state index is 12.3. The van der Waals surface area contributed by atoms with Gasteiger partial charge in [0.05, 0.1) is 17.2 Å². The highest BCUT2D eigenvalue weighted by Crippen LogP contribution is 2.31. The average Bonchev–Trinajstić information content (AvgIpc) is 2.80. The van der Waals surface area contributed by atoms with E-state index in [2.05, 4.69) is 11.4 Å². The van der Waals surface area contributed by atoms with E-state index < -0.39 is 0 Å². The largest absolute Gasteiger partial charge is 0.339 e. The van der Waals surface area contributed by atoms with Crippen molar-refractivity contribution in [2.24, 2.45) is 5.92 Å². The van der Waals surface area contributed by atoms with Gasteiger partial charge in [-0.3, -0.25) is 9.59 Å². The monoisotopic (exact) mass is 283 g/mol. The van der Waals surface area contributed by atoms with Crippen molar-refractivity contribution in [3.05, 3.63) is 29.8 Å². The minimum Gasteiger partial charge on any atom is -0.339 e. The van der Waals surface area contributed by atoms with Gasteiger partial charge in [-0.2, -0.15) is 5.26 Å². The summed E-state index contributed by atoms with van der Waals surface area (Å²) < 4.78 is 0. The normalized spacial score (nSPS) is 21.8. The number of nitriles is 1. The summed E-state index contributed by atoms with van der Waals surface area (Å²) in [5.74, 6) is -0.411. The molecule has 1 aliphatic heterocycles. The van der Waals surface area contributed by atoms with Gasteiger partial charge in [0.2, 0.25) is 11.8 Å². The number of anilines is 1. The first-order chi connectivity index (χ1) is 10.2. The zero-order valence-electron chi connectivity index (χ0n) is 11.7. The van der Waals surface area contributed by atoms with Gasteiger partial charge in [0.1, 0.15) is 6.07 Å². The molecule has 1 unspecified atom stereocenters. The molecule has 5 nitrogen and oxygen atoms in total. The number of carbonyl (C=O) groups is 2. The maximum atomic E-state index is 12.3. The molecule has 1 N–H and O–H groups in total. The first-order valence-electron chi connectivity index (χ1n) is 7.28. The number of hydrogen-bond acceptors (Lipinski definition) is 3. The molecule has 108 valence electrons. The van der Waals surface area contributed by atoms with Crippen molar-refractivity contribution in [2.75, 3.05) is 11.9 Å². The Kier molecular flexibility index (Phi) is 3.61. The van der Waals surface area contributed by atoms with Crippen LogP contribution >= 0.6 is 0 Å². The molecule has 2 fully saturated rings. The lowest BCUT2D eigenvalue weighted by atomic mass is 9.92. The fraction of sp³-hybridized carbons (Fsp3) is 0.438. The molecule has 3 rings (SSSR count). The van der Waals surface area contributed by atoms with E-state index in [1.165, 1.54) is 6.42 Å². The molecule has 1 aliphatic carbocycles. The third-order valence-corrected chi connectivity index (χ3v) is 4.35. The Bertz CT molecular complexity index is 616. The summed E-state index contributed by atoms with van der Waals surface area (Å²) >= 11 is 0. The van der Waals surface area contributed by atoms with Crippen LogP contribution in [0.5, 0.6) is 0 Å². The van der Waals surface area contributed by atoms with Crippen LogP contribution in [-0.2, 0) is 9.59 Å². The Morgan fingerprint density at radius 1 is 1.33 bits per heavy atom. The van der Waals surface area contributed by atoms with Crippen molar-refractivity contribution in [1.82, 2.24) is 4.90 Å². The molecule has 0 aromatic heterocycles. The lowest BCUT2D eigenvalue weighted by Gasteiger charge is -2.34. The van der Waals surface area contributed by atoms with Crippen molar-refractivity contribution >= 4 is 17.5 Å². The first kappa shape index (κ1) is 13.6. The molecule has 1 heterocycles. The van der Waals surface area contributed by atoms with Gasteiger partial charge >= 0.3 is 0 Å². The average molecular weight is 283 g/mol. The van der Waals surface area contributed by atoms with Crippen molar-refractivity contribution in [3.8, 4) is 6.07 Å². The summed E-state index contributed by atoms with van der Waals surface area (Å²) in [6.45, 7) is 0.504. The number of rotatable bonds is 3. The summed E-state index contributed by atoms with van der Waals surface area (Å²) in [5, 5.41) is 11.8. The Labute approximate surface area is 123 Å². The predicted molar refractivity (Wildman–Crippen MR) is 77.2 cm³/mol. The first-order valence-corrected chi connectivity index (χ1v) is 7.28. The van der Waals surface area contributed by atoms with Crippen LogP contribution in [0.15, 0.2) is 24.3 Å². The van der Waals surface area contributed by atoms with Gasteiger partial charge in [0.15, 0.2) is 0 Å². The van der Waals surface area contributed by atoms with Crippen molar-refractivity contribution in [3.63, 3.8) is 0 Å². The van der Waals surface area contributed by atoms with Crippen LogP contribution < -0.4 is 5.32 Å². The van der Waals surface area contributed by atoms with E-state index in [0.717, 1.165) is 12.8 Å². The summed E-state index contributed by atoms with van der Waals surface area (Å²) in [4.78, 5) is 26.1. The second-order valence-corrected chi connectivity index (χ2v) is 5.68. The molecule has 2 aliphatic rings. The number of para-hydroxylation sites is 1. The van der Waals surface area contributed by atoms with E-state index in [4.69, 9.17) is 5.26 Å². The van der Waals surface area contributed by atoms with Crippen LogP contribution in [0.25, 0.3) is 0 Å². The summed E-state index contributed by atoms with van der Waals surface area (Å²) in [7, 11) is 0. The van der Waals surface area contributed by atoms with Gasteiger partial charge in [-0.25, -0.2) is 0 Å². The van der Waals surface area contributed by atoms with Gasteiger partial charge in [-0.05, 0) is 31.4 Å². The van der Waals surface area contributed by atoms with Gasteiger partial charge in [-0.15, -0.1) is 0 Å². The molecule has 1 aromatic carbocycles. The Morgan fingerprint density at radius 2 is 2.10 bits per heavy atom. The molecule has 5 heteroatoms. The molecule has 1 atom stereocenters. The second kappa shape index (κ2) is 5.57. The molecule has 2 amide bonds. The highest BCUT2D eigenvalue weighted by atomic mass is 16.2. The van der Waals surface area contributed by atoms with Crippen molar-refractivity contribution < 1.29 is 9.59 Å². The molecule has 21 heavy (non-hydrogen) atoms. The third-order valence-electron chi connectivity index (χ3n) is 4.35. The Hall–Kier alpha value is -2.35. The van der Waals surface area contributed by atoms with Crippen LogP contribution in [0.4, 0.5) is 5.69 Å². The number of carbonyl (C=O) groups excluding carboxylic acids is 2. The fourth-order valence-corrected chi connectivity index (χ4v) is 2.88. The molecule has 1 saturated carbocycles. The van der Waals surface area contributed by atoms with E-state index in [9.17, 15) is 9.59 Å². The highest BCUT2D eigenvalue weighted by Gasteiger charge is 2.39. The molecular formula is C16H17N3O2. The molecule has 1 aromatic rings. The molecule has 0 bridgehead atoms. The number of nitrogens with zero attached hydrogens (tertiary/aromatic N) is 2. The number of benzene rings is 1. The minimum absolute atomic E-state index is 0.0772. The SMILES string of the molecule is N#Cc1ccccc1NC(=O)C1CC(=O)N(C2CCC2)C1. The summed E-state index contributed by atoms with van der Waals surface area (Å²) in [6, 6.07) is 9.29.